The fraction of sp³-hybridized carbons (Fsp3) is 0.576. The molecule has 40 heavy (non-hydrogen) atoms. The zero-order chi connectivity index (χ0) is 28.4. The first-order valence-corrected chi connectivity index (χ1v) is 15.8. The number of thiazole rings is 1. The van der Waals surface area contributed by atoms with Crippen LogP contribution in [0.3, 0.4) is 0 Å². The minimum atomic E-state index is -0.301. The molecule has 1 amide bonds. The molecule has 0 saturated heterocycles. The van der Waals surface area contributed by atoms with Gasteiger partial charge in [0.05, 0.1) is 30.2 Å². The molecular formula is C33H45N3O3S. The molecule has 7 heteroatoms. The van der Waals surface area contributed by atoms with Crippen molar-refractivity contribution in [2.24, 2.45) is 23.2 Å². The number of aliphatic hydroxyl groups excluding tert-OH is 1. The van der Waals surface area contributed by atoms with E-state index in [4.69, 9.17) is 9.72 Å². The van der Waals surface area contributed by atoms with Gasteiger partial charge >= 0.3 is 0 Å². The molecule has 2 aliphatic rings. The average Bonchev–Trinajstić information content (AvgIpc) is 3.56. The molecule has 0 bridgehead atoms. The zero-order valence-electron chi connectivity index (χ0n) is 24.7. The molecule has 216 valence electrons. The fourth-order valence-electron chi connectivity index (χ4n) is 6.92. The van der Waals surface area contributed by atoms with Gasteiger partial charge in [0.1, 0.15) is 10.8 Å². The van der Waals surface area contributed by atoms with E-state index < -0.39 is 0 Å². The van der Waals surface area contributed by atoms with Gasteiger partial charge < -0.3 is 19.7 Å². The monoisotopic (exact) mass is 563 g/mol. The van der Waals surface area contributed by atoms with E-state index in [9.17, 15) is 9.90 Å². The number of ether oxygens (including phenoxy) is 1. The molecule has 0 aliphatic heterocycles. The molecule has 2 heterocycles. The highest BCUT2D eigenvalue weighted by atomic mass is 32.1. The van der Waals surface area contributed by atoms with E-state index in [1.807, 2.05) is 30.3 Å². The Bertz CT molecular complexity index is 1300. The average molecular weight is 564 g/mol. The molecule has 2 aliphatic carbocycles. The Hall–Kier alpha value is -2.64. The Kier molecular flexibility index (Phi) is 8.72. The quantitative estimate of drug-likeness (QED) is 0.301. The van der Waals surface area contributed by atoms with Crippen molar-refractivity contribution in [3.05, 3.63) is 47.0 Å². The van der Waals surface area contributed by atoms with Crippen LogP contribution in [0.15, 0.2) is 35.7 Å². The number of nitrogens with one attached hydrogen (secondary N) is 1. The number of rotatable bonds is 8. The summed E-state index contributed by atoms with van der Waals surface area (Å²) in [6.07, 6.45) is 7.87. The number of hydrogen-bond acceptors (Lipinski definition) is 5. The van der Waals surface area contributed by atoms with Crippen LogP contribution < -0.4 is 10.1 Å². The molecule has 2 saturated carbocycles. The number of carbonyl (C=O) groups excluding carboxylic acids is 1. The molecule has 3 atom stereocenters. The minimum Gasteiger partial charge on any atom is -0.497 e. The van der Waals surface area contributed by atoms with Crippen LogP contribution in [0.5, 0.6) is 5.75 Å². The van der Waals surface area contributed by atoms with Crippen LogP contribution in [0.1, 0.15) is 81.8 Å². The van der Waals surface area contributed by atoms with Crippen LogP contribution in [0.2, 0.25) is 0 Å². The van der Waals surface area contributed by atoms with Crippen molar-refractivity contribution in [2.75, 3.05) is 13.7 Å². The van der Waals surface area contributed by atoms with Gasteiger partial charge in [-0.1, -0.05) is 40.0 Å². The summed E-state index contributed by atoms with van der Waals surface area (Å²) in [5.74, 6) is 1.81. The van der Waals surface area contributed by atoms with Crippen LogP contribution in [0.4, 0.5) is 0 Å². The van der Waals surface area contributed by atoms with Crippen LogP contribution in [-0.4, -0.2) is 40.3 Å². The van der Waals surface area contributed by atoms with E-state index in [2.05, 4.69) is 43.0 Å². The Balaban J connectivity index is 1.42. The van der Waals surface area contributed by atoms with E-state index in [1.54, 1.807) is 18.4 Å². The van der Waals surface area contributed by atoms with Gasteiger partial charge in [0.15, 0.2) is 0 Å². The summed E-state index contributed by atoms with van der Waals surface area (Å²) in [4.78, 5) is 18.7. The second-order valence-corrected chi connectivity index (χ2v) is 13.5. The number of hydrogen-bond donors (Lipinski definition) is 2. The largest absolute Gasteiger partial charge is 0.497 e. The SMILES string of the molecule is COc1ccc(-c2nc(-c3cc(C(=O)NCC4C(C)C(O)CCC4(C)C)c(C)n3CC3CCCCC3)cs2)cc1. The number of benzene rings is 1. The van der Waals surface area contributed by atoms with E-state index in [0.29, 0.717) is 12.5 Å². The van der Waals surface area contributed by atoms with Gasteiger partial charge in [0.25, 0.3) is 5.91 Å². The maximum atomic E-state index is 13.7. The van der Waals surface area contributed by atoms with Gasteiger partial charge in [-0.25, -0.2) is 4.98 Å². The van der Waals surface area contributed by atoms with E-state index >= 15 is 0 Å². The summed E-state index contributed by atoms with van der Waals surface area (Å²) >= 11 is 1.63. The van der Waals surface area contributed by atoms with Gasteiger partial charge in [-0.3, -0.25) is 4.79 Å². The Morgan fingerprint density at radius 2 is 1.90 bits per heavy atom. The van der Waals surface area contributed by atoms with Crippen LogP contribution in [-0.2, 0) is 6.54 Å². The van der Waals surface area contributed by atoms with Crippen molar-refractivity contribution in [1.82, 2.24) is 14.9 Å². The summed E-state index contributed by atoms with van der Waals surface area (Å²) < 4.78 is 7.66. The van der Waals surface area contributed by atoms with E-state index in [0.717, 1.165) is 58.4 Å². The Labute approximate surface area is 243 Å². The molecule has 5 rings (SSSR count). The standard InChI is InChI=1S/C33H45N3O3S/c1-21-27(33(3,4)16-15-30(21)37)18-34-31(38)26-17-29(36(22(26)2)19-23-9-7-6-8-10-23)28-20-40-32(35-28)24-11-13-25(39-5)14-12-24/h11-14,17,20-21,23,27,30,37H,6-10,15-16,18-19H2,1-5H3,(H,34,38). The highest BCUT2D eigenvalue weighted by molar-refractivity contribution is 7.13. The number of carbonyl (C=O) groups is 1. The molecule has 0 radical (unpaired) electrons. The second-order valence-electron chi connectivity index (χ2n) is 12.7. The molecule has 3 aromatic rings. The van der Waals surface area contributed by atoms with Crippen molar-refractivity contribution in [3.8, 4) is 27.7 Å². The summed E-state index contributed by atoms with van der Waals surface area (Å²) in [5.41, 5.74) is 4.81. The number of aliphatic hydroxyl groups is 1. The van der Waals surface area contributed by atoms with Crippen molar-refractivity contribution in [2.45, 2.75) is 85.3 Å². The topological polar surface area (TPSA) is 76.4 Å². The Morgan fingerprint density at radius 1 is 1.18 bits per heavy atom. The molecule has 3 unspecified atom stereocenters. The maximum absolute atomic E-state index is 13.7. The Morgan fingerprint density at radius 3 is 2.60 bits per heavy atom. The third-order valence-electron chi connectivity index (χ3n) is 9.69. The normalized spacial score (nSPS) is 23.2. The highest BCUT2D eigenvalue weighted by Gasteiger charge is 2.41. The third kappa shape index (κ3) is 6.01. The molecule has 2 aromatic heterocycles. The highest BCUT2D eigenvalue weighted by Crippen LogP contribution is 2.43. The molecule has 0 spiro atoms. The minimum absolute atomic E-state index is 0.0326. The first-order chi connectivity index (χ1) is 19.2. The number of methoxy groups -OCH3 is 1. The second kappa shape index (κ2) is 12.1. The van der Waals surface area contributed by atoms with Crippen LogP contribution >= 0.6 is 11.3 Å². The number of amides is 1. The van der Waals surface area contributed by atoms with Gasteiger partial charge in [0.2, 0.25) is 0 Å². The fourth-order valence-corrected chi connectivity index (χ4v) is 7.74. The van der Waals surface area contributed by atoms with Crippen molar-refractivity contribution >= 4 is 17.2 Å². The third-order valence-corrected chi connectivity index (χ3v) is 10.6. The van der Waals surface area contributed by atoms with E-state index in [1.165, 1.54) is 32.1 Å². The van der Waals surface area contributed by atoms with Gasteiger partial charge in [0, 0.05) is 29.7 Å². The smallest absolute Gasteiger partial charge is 0.253 e. The lowest BCUT2D eigenvalue weighted by Gasteiger charge is -2.45. The predicted molar refractivity (Wildman–Crippen MR) is 163 cm³/mol. The molecule has 2 fully saturated rings. The van der Waals surface area contributed by atoms with E-state index in [-0.39, 0.29) is 29.3 Å². The van der Waals surface area contributed by atoms with Crippen LogP contribution in [0.25, 0.3) is 22.0 Å². The lowest BCUT2D eigenvalue weighted by atomic mass is 9.63. The van der Waals surface area contributed by atoms with Crippen molar-refractivity contribution < 1.29 is 14.6 Å². The first-order valence-electron chi connectivity index (χ1n) is 14.9. The van der Waals surface area contributed by atoms with Crippen LogP contribution in [0, 0.1) is 30.1 Å². The number of nitrogens with zero attached hydrogens (tertiary/aromatic N) is 2. The van der Waals surface area contributed by atoms with Gasteiger partial charge in [-0.15, -0.1) is 11.3 Å². The predicted octanol–water partition coefficient (Wildman–Crippen LogP) is 7.34. The molecule has 2 N–H and O–H groups in total. The lowest BCUT2D eigenvalue weighted by molar-refractivity contribution is -0.0235. The summed E-state index contributed by atoms with van der Waals surface area (Å²) in [6.45, 7) is 10.2. The lowest BCUT2D eigenvalue weighted by Crippen LogP contribution is -2.47. The van der Waals surface area contributed by atoms with Gasteiger partial charge in [-0.05, 0) is 86.1 Å². The van der Waals surface area contributed by atoms with Gasteiger partial charge in [-0.2, -0.15) is 0 Å². The number of aromatic nitrogens is 2. The molecular weight excluding hydrogens is 518 g/mol. The maximum Gasteiger partial charge on any atom is 0.253 e. The zero-order valence-corrected chi connectivity index (χ0v) is 25.5. The summed E-state index contributed by atoms with van der Waals surface area (Å²) in [6, 6.07) is 10.0. The molecule has 1 aromatic carbocycles. The summed E-state index contributed by atoms with van der Waals surface area (Å²) in [5, 5.41) is 16.8. The van der Waals surface area contributed by atoms with Crippen molar-refractivity contribution in [1.29, 1.82) is 0 Å². The van der Waals surface area contributed by atoms with Crippen molar-refractivity contribution in [3.63, 3.8) is 0 Å². The molecule has 6 nitrogen and oxygen atoms in total. The first kappa shape index (κ1) is 28.9. The summed E-state index contributed by atoms with van der Waals surface area (Å²) in [7, 11) is 1.67.